The van der Waals surface area contributed by atoms with E-state index in [9.17, 15) is 9.18 Å². The summed E-state index contributed by atoms with van der Waals surface area (Å²) in [6.07, 6.45) is 5.03. The van der Waals surface area contributed by atoms with E-state index in [-0.39, 0.29) is 12.4 Å². The van der Waals surface area contributed by atoms with Gasteiger partial charge in [0.15, 0.2) is 0 Å². The van der Waals surface area contributed by atoms with Crippen LogP contribution in [0.3, 0.4) is 0 Å². The molecule has 1 aromatic carbocycles. The number of hydrogen-bond acceptors (Lipinski definition) is 4. The van der Waals surface area contributed by atoms with Gasteiger partial charge in [-0.25, -0.2) is 13.9 Å². The molecule has 2 amide bonds. The lowest BCUT2D eigenvalue weighted by Crippen LogP contribution is -2.28. The number of anilines is 1. The van der Waals surface area contributed by atoms with Gasteiger partial charge in [-0.3, -0.25) is 4.98 Å². The van der Waals surface area contributed by atoms with Crippen LogP contribution in [-0.2, 0) is 6.54 Å². The van der Waals surface area contributed by atoms with Crippen molar-refractivity contribution in [1.82, 2.24) is 25.3 Å². The lowest BCUT2D eigenvalue weighted by Gasteiger charge is -2.05. The Hall–Kier alpha value is -3.29. The first-order valence-electron chi connectivity index (χ1n) is 6.83. The maximum absolute atomic E-state index is 12.8. The molecule has 7 nitrogen and oxygen atoms in total. The lowest BCUT2D eigenvalue weighted by molar-refractivity contribution is 0.251. The average Bonchev–Trinajstić information content (AvgIpc) is 3.05. The molecule has 0 saturated carbocycles. The molecular formula is C15H13FN6O. The molecule has 3 aromatic rings. The van der Waals surface area contributed by atoms with E-state index in [0.717, 1.165) is 5.69 Å². The third kappa shape index (κ3) is 3.88. The van der Waals surface area contributed by atoms with E-state index in [4.69, 9.17) is 0 Å². The van der Waals surface area contributed by atoms with E-state index < -0.39 is 6.03 Å². The monoisotopic (exact) mass is 312 g/mol. The van der Waals surface area contributed by atoms with Crippen LogP contribution in [0.1, 0.15) is 5.69 Å². The largest absolute Gasteiger partial charge is 0.332 e. The van der Waals surface area contributed by atoms with Crippen LogP contribution in [-0.4, -0.2) is 26.0 Å². The van der Waals surface area contributed by atoms with Gasteiger partial charge in [0, 0.05) is 11.9 Å². The number of halogens is 1. The molecular weight excluding hydrogens is 299 g/mol. The van der Waals surface area contributed by atoms with Crippen LogP contribution < -0.4 is 10.6 Å². The van der Waals surface area contributed by atoms with Crippen LogP contribution in [0.25, 0.3) is 5.69 Å². The molecule has 0 radical (unpaired) electrons. The summed E-state index contributed by atoms with van der Waals surface area (Å²) in [5.41, 5.74) is 1.88. The van der Waals surface area contributed by atoms with Crippen LogP contribution in [0.5, 0.6) is 0 Å². The zero-order chi connectivity index (χ0) is 16.1. The van der Waals surface area contributed by atoms with E-state index in [1.807, 2.05) is 6.07 Å². The molecule has 8 heteroatoms. The van der Waals surface area contributed by atoms with Crippen molar-refractivity contribution in [3.05, 3.63) is 66.5 Å². The first-order valence-corrected chi connectivity index (χ1v) is 6.83. The van der Waals surface area contributed by atoms with Gasteiger partial charge in [-0.1, -0.05) is 5.21 Å². The molecule has 0 aliphatic heterocycles. The Kier molecular flexibility index (Phi) is 4.23. The fraction of sp³-hybridized carbons (Fsp3) is 0.0667. The topological polar surface area (TPSA) is 84.7 Å². The molecule has 0 spiro atoms. The second-order valence-electron chi connectivity index (χ2n) is 4.68. The van der Waals surface area contributed by atoms with Gasteiger partial charge in [-0.05, 0) is 36.4 Å². The molecule has 0 aliphatic rings. The van der Waals surface area contributed by atoms with Gasteiger partial charge >= 0.3 is 6.03 Å². The predicted octanol–water partition coefficient (Wildman–Crippen LogP) is 2.12. The van der Waals surface area contributed by atoms with Crippen LogP contribution in [0, 0.1) is 5.82 Å². The fourth-order valence-electron chi connectivity index (χ4n) is 1.87. The Bertz CT molecular complexity index is 787. The Morgan fingerprint density at radius 2 is 2.04 bits per heavy atom. The Balaban J connectivity index is 1.55. The van der Waals surface area contributed by atoms with Gasteiger partial charge < -0.3 is 10.6 Å². The van der Waals surface area contributed by atoms with Crippen LogP contribution >= 0.6 is 0 Å². The van der Waals surface area contributed by atoms with E-state index in [2.05, 4.69) is 25.9 Å². The van der Waals surface area contributed by atoms with Crippen molar-refractivity contribution in [2.24, 2.45) is 0 Å². The summed E-state index contributed by atoms with van der Waals surface area (Å²) in [4.78, 5) is 15.8. The van der Waals surface area contributed by atoms with Gasteiger partial charge in [0.1, 0.15) is 11.5 Å². The highest BCUT2D eigenvalue weighted by Crippen LogP contribution is 2.08. The first-order chi connectivity index (χ1) is 11.2. The van der Waals surface area contributed by atoms with Crippen molar-refractivity contribution in [2.45, 2.75) is 6.54 Å². The predicted molar refractivity (Wildman–Crippen MR) is 81.4 cm³/mol. The van der Waals surface area contributed by atoms with Gasteiger partial charge in [-0.15, -0.1) is 5.10 Å². The summed E-state index contributed by atoms with van der Waals surface area (Å²) >= 11 is 0. The number of urea groups is 1. The van der Waals surface area contributed by atoms with Crippen molar-refractivity contribution < 1.29 is 9.18 Å². The molecule has 23 heavy (non-hydrogen) atoms. The van der Waals surface area contributed by atoms with Crippen molar-refractivity contribution in [3.8, 4) is 5.69 Å². The van der Waals surface area contributed by atoms with Crippen molar-refractivity contribution in [1.29, 1.82) is 0 Å². The molecule has 116 valence electrons. The summed E-state index contributed by atoms with van der Waals surface area (Å²) in [7, 11) is 0. The Morgan fingerprint density at radius 1 is 1.22 bits per heavy atom. The van der Waals surface area contributed by atoms with E-state index >= 15 is 0 Å². The zero-order valence-corrected chi connectivity index (χ0v) is 12.0. The molecule has 2 aromatic heterocycles. The normalized spacial score (nSPS) is 10.3. The lowest BCUT2D eigenvalue weighted by atomic mass is 10.3. The Morgan fingerprint density at radius 3 is 2.78 bits per heavy atom. The third-order valence-corrected chi connectivity index (χ3v) is 2.98. The second kappa shape index (κ2) is 6.65. The molecule has 0 fully saturated rings. The van der Waals surface area contributed by atoms with Gasteiger partial charge in [0.25, 0.3) is 0 Å². The maximum atomic E-state index is 12.8. The molecule has 2 heterocycles. The highest BCUT2D eigenvalue weighted by Gasteiger charge is 2.06. The van der Waals surface area contributed by atoms with Crippen molar-refractivity contribution in [3.63, 3.8) is 0 Å². The minimum absolute atomic E-state index is 0.216. The number of hydrogen-bond donors (Lipinski definition) is 2. The molecule has 3 rings (SSSR count). The Labute approximate surface area is 131 Å². The maximum Gasteiger partial charge on any atom is 0.319 e. The van der Waals surface area contributed by atoms with Gasteiger partial charge in [0.05, 0.1) is 24.6 Å². The highest BCUT2D eigenvalue weighted by atomic mass is 19.1. The summed E-state index contributed by atoms with van der Waals surface area (Å²) in [6.45, 7) is 0.216. The summed E-state index contributed by atoms with van der Waals surface area (Å²) in [5.74, 6) is -0.358. The molecule has 0 bridgehead atoms. The summed E-state index contributed by atoms with van der Waals surface area (Å²) < 4.78 is 14.4. The summed E-state index contributed by atoms with van der Waals surface area (Å²) in [5, 5.41) is 13.2. The van der Waals surface area contributed by atoms with Crippen LogP contribution in [0.15, 0.2) is 55.0 Å². The number of pyridine rings is 1. The molecule has 0 saturated heterocycles. The number of carbonyl (C=O) groups is 1. The van der Waals surface area contributed by atoms with Gasteiger partial charge in [0.2, 0.25) is 0 Å². The minimum Gasteiger partial charge on any atom is -0.332 e. The zero-order valence-electron chi connectivity index (χ0n) is 12.0. The highest BCUT2D eigenvalue weighted by molar-refractivity contribution is 5.89. The van der Waals surface area contributed by atoms with Crippen LogP contribution in [0.4, 0.5) is 14.9 Å². The number of rotatable bonds is 4. The minimum atomic E-state index is -0.410. The molecule has 2 N–H and O–H groups in total. The molecule has 0 unspecified atom stereocenters. The van der Waals surface area contributed by atoms with E-state index in [1.54, 1.807) is 29.3 Å². The molecule has 0 atom stereocenters. The molecule has 0 aliphatic carbocycles. The van der Waals surface area contributed by atoms with Crippen molar-refractivity contribution >= 4 is 11.7 Å². The van der Waals surface area contributed by atoms with E-state index in [0.29, 0.717) is 11.4 Å². The quantitative estimate of drug-likeness (QED) is 0.773. The number of benzene rings is 1. The van der Waals surface area contributed by atoms with E-state index in [1.165, 1.54) is 24.3 Å². The van der Waals surface area contributed by atoms with Crippen molar-refractivity contribution in [2.75, 3.05) is 5.32 Å². The summed E-state index contributed by atoms with van der Waals surface area (Å²) in [6, 6.07) is 8.74. The number of amides is 2. The standard InChI is InChI=1S/C15H13FN6O/c16-11-3-5-12(6-4-11)19-15(23)18-8-13-10-22(21-20-13)14-2-1-7-17-9-14/h1-7,9-10H,8H2,(H2,18,19,23). The smallest absolute Gasteiger partial charge is 0.319 e. The number of nitrogens with one attached hydrogen (secondary N) is 2. The third-order valence-electron chi connectivity index (χ3n) is 2.98. The fourth-order valence-corrected chi connectivity index (χ4v) is 1.87. The number of nitrogens with zero attached hydrogens (tertiary/aromatic N) is 4. The number of aromatic nitrogens is 4. The second-order valence-corrected chi connectivity index (χ2v) is 4.68. The SMILES string of the molecule is O=C(NCc1cn(-c2cccnc2)nn1)Nc1ccc(F)cc1. The van der Waals surface area contributed by atoms with Gasteiger partial charge in [-0.2, -0.15) is 0 Å². The first kappa shape index (κ1) is 14.6. The number of carbonyl (C=O) groups excluding carboxylic acids is 1. The van der Waals surface area contributed by atoms with Crippen LogP contribution in [0.2, 0.25) is 0 Å². The average molecular weight is 312 g/mol.